The molecular weight excluding hydrogens is 707 g/mol. The minimum Gasteiger partial charge on any atom is -0.756 e. The number of nitrogens with zero attached hydrogens (tertiary/aromatic N) is 1. The van der Waals surface area contributed by atoms with Crippen LogP contribution in [0.5, 0.6) is 0 Å². The zero-order chi connectivity index (χ0) is 40.7. The Kier molecular flexibility index (Phi) is 37.4. The largest absolute Gasteiger partial charge is 0.756 e. The molecule has 3 atom stereocenters. The molecule has 0 aromatic heterocycles. The molecule has 0 radical (unpaired) electrons. The van der Waals surface area contributed by atoms with Crippen LogP contribution in [0.25, 0.3) is 0 Å². The van der Waals surface area contributed by atoms with E-state index < -0.39 is 26.6 Å². The van der Waals surface area contributed by atoms with Crippen LogP contribution in [0.1, 0.15) is 200 Å². The fourth-order valence-electron chi connectivity index (χ4n) is 6.42. The summed E-state index contributed by atoms with van der Waals surface area (Å²) in [4.78, 5) is 25.3. The number of unbranched alkanes of at least 4 members (excludes halogenated alkanes) is 24. The Labute approximate surface area is 340 Å². The maximum atomic E-state index is 12.8. The van der Waals surface area contributed by atoms with Crippen molar-refractivity contribution in [1.29, 1.82) is 0 Å². The predicted octanol–water partition coefficient (Wildman–Crippen LogP) is 12.1. The minimum absolute atomic E-state index is 0.00797. The summed E-state index contributed by atoms with van der Waals surface area (Å²) in [6.07, 6.45) is 46.3. The lowest BCUT2D eigenvalue weighted by Gasteiger charge is -2.29. The summed E-state index contributed by atoms with van der Waals surface area (Å²) in [6.45, 7) is 4.59. The molecule has 2 N–H and O–H groups in total. The van der Waals surface area contributed by atoms with Gasteiger partial charge in [-0.3, -0.25) is 9.36 Å². The summed E-state index contributed by atoms with van der Waals surface area (Å²) in [5, 5.41) is 13.7. The molecule has 1 amide bonds. The zero-order valence-electron chi connectivity index (χ0n) is 36.6. The molecule has 0 rings (SSSR count). The van der Waals surface area contributed by atoms with Crippen molar-refractivity contribution in [3.63, 3.8) is 0 Å². The summed E-state index contributed by atoms with van der Waals surface area (Å²) in [5.41, 5.74) is 0. The van der Waals surface area contributed by atoms with Crippen LogP contribution < -0.4 is 10.2 Å². The van der Waals surface area contributed by atoms with E-state index in [1.807, 2.05) is 27.2 Å². The van der Waals surface area contributed by atoms with Gasteiger partial charge in [0.25, 0.3) is 7.82 Å². The number of hydrogen-bond donors (Lipinski definition) is 2. The highest BCUT2D eigenvalue weighted by Crippen LogP contribution is 2.38. The predicted molar refractivity (Wildman–Crippen MR) is 233 cm³/mol. The summed E-state index contributed by atoms with van der Waals surface area (Å²) in [5.74, 6) is -0.211. The minimum atomic E-state index is -4.59. The highest BCUT2D eigenvalue weighted by molar-refractivity contribution is 7.45. The number of allylic oxidation sites excluding steroid dienone is 5. The number of phosphoric acid groups is 1. The van der Waals surface area contributed by atoms with Crippen LogP contribution in [0.4, 0.5) is 0 Å². The van der Waals surface area contributed by atoms with Gasteiger partial charge < -0.3 is 28.8 Å². The Bertz CT molecular complexity index is 995. The highest BCUT2D eigenvalue weighted by atomic mass is 31.2. The second-order valence-corrected chi connectivity index (χ2v) is 18.2. The van der Waals surface area contributed by atoms with Crippen LogP contribution in [-0.4, -0.2) is 68.5 Å². The number of phosphoric ester groups is 1. The number of aliphatic hydroxyl groups is 1. The van der Waals surface area contributed by atoms with Gasteiger partial charge in [0.05, 0.1) is 39.9 Å². The molecular formula is C46H89N2O6P. The molecule has 0 bridgehead atoms. The van der Waals surface area contributed by atoms with Crippen LogP contribution >= 0.6 is 7.82 Å². The van der Waals surface area contributed by atoms with Crippen molar-refractivity contribution >= 4 is 13.7 Å². The fraction of sp³-hybridized carbons (Fsp3) is 0.848. The molecule has 0 spiro atoms. The molecule has 0 aromatic rings. The van der Waals surface area contributed by atoms with Gasteiger partial charge in [0.2, 0.25) is 5.91 Å². The van der Waals surface area contributed by atoms with Gasteiger partial charge in [0, 0.05) is 6.42 Å². The molecule has 3 unspecified atom stereocenters. The van der Waals surface area contributed by atoms with E-state index in [1.165, 1.54) is 128 Å². The van der Waals surface area contributed by atoms with E-state index in [1.54, 1.807) is 6.08 Å². The summed E-state index contributed by atoms with van der Waals surface area (Å²) < 4.78 is 23.2. The Morgan fingerprint density at radius 2 is 1.02 bits per heavy atom. The van der Waals surface area contributed by atoms with Crippen LogP contribution in [0.15, 0.2) is 36.5 Å². The number of amides is 1. The first-order chi connectivity index (χ1) is 26.5. The number of carbonyl (C=O) groups excluding carboxylic acids is 1. The first kappa shape index (κ1) is 53.7. The average molecular weight is 797 g/mol. The monoisotopic (exact) mass is 797 g/mol. The van der Waals surface area contributed by atoms with E-state index in [0.29, 0.717) is 17.4 Å². The molecule has 0 saturated carbocycles. The molecule has 0 aromatic carbocycles. The van der Waals surface area contributed by atoms with Gasteiger partial charge in [-0.15, -0.1) is 0 Å². The number of rotatable bonds is 41. The van der Waals surface area contributed by atoms with Crippen LogP contribution in [0.3, 0.4) is 0 Å². The Balaban J connectivity index is 4.37. The normalized spacial score (nSPS) is 14.7. The Hall–Kier alpha value is -1.28. The van der Waals surface area contributed by atoms with Gasteiger partial charge in [0.1, 0.15) is 13.2 Å². The lowest BCUT2D eigenvalue weighted by Crippen LogP contribution is -2.45. The maximum absolute atomic E-state index is 12.8. The lowest BCUT2D eigenvalue weighted by atomic mass is 10.0. The van der Waals surface area contributed by atoms with Gasteiger partial charge in [-0.05, 0) is 44.9 Å². The van der Waals surface area contributed by atoms with Crippen molar-refractivity contribution < 1.29 is 32.9 Å². The Morgan fingerprint density at radius 3 is 1.47 bits per heavy atom. The second-order valence-electron chi connectivity index (χ2n) is 16.7. The third kappa shape index (κ3) is 40.7. The summed E-state index contributed by atoms with van der Waals surface area (Å²) in [7, 11) is 1.24. The van der Waals surface area contributed by atoms with Crippen molar-refractivity contribution in [2.75, 3.05) is 40.9 Å². The molecule has 0 saturated heterocycles. The fourth-order valence-corrected chi connectivity index (χ4v) is 7.14. The van der Waals surface area contributed by atoms with Gasteiger partial charge in [0.15, 0.2) is 0 Å². The molecule has 0 fully saturated rings. The molecule has 55 heavy (non-hydrogen) atoms. The third-order valence-corrected chi connectivity index (χ3v) is 11.0. The van der Waals surface area contributed by atoms with E-state index >= 15 is 0 Å². The van der Waals surface area contributed by atoms with E-state index in [9.17, 15) is 19.4 Å². The van der Waals surface area contributed by atoms with Crippen LogP contribution in [0.2, 0.25) is 0 Å². The summed E-state index contributed by atoms with van der Waals surface area (Å²) >= 11 is 0. The first-order valence-electron chi connectivity index (χ1n) is 22.9. The number of nitrogens with one attached hydrogen (secondary N) is 1. The standard InChI is InChI=1S/C46H89N2O6P/c1-6-8-10-12-14-16-18-20-21-22-23-24-25-26-28-30-32-34-36-38-40-46(50)47-44(43-54-55(51,52)53-42-41-48(3,4)5)45(49)39-37-35-33-31-29-27-19-17-15-13-11-9-7-2/h15,17,29,31,37,39,44-45,49H,6-14,16,18-28,30,32-36,38,40-43H2,1-5H3,(H-,47,50,51,52)/b17-15+,31-29+,39-37+. The number of aliphatic hydroxyl groups excluding tert-OH is 1. The topological polar surface area (TPSA) is 108 Å². The van der Waals surface area contributed by atoms with Gasteiger partial charge in [-0.1, -0.05) is 185 Å². The van der Waals surface area contributed by atoms with Crippen molar-refractivity contribution in [1.82, 2.24) is 5.32 Å². The quantitative estimate of drug-likeness (QED) is 0.0276. The van der Waals surface area contributed by atoms with Gasteiger partial charge >= 0.3 is 0 Å². The molecule has 0 aliphatic heterocycles. The molecule has 9 heteroatoms. The molecule has 0 heterocycles. The van der Waals surface area contributed by atoms with Crippen molar-refractivity contribution in [3.05, 3.63) is 36.5 Å². The Morgan fingerprint density at radius 1 is 0.618 bits per heavy atom. The number of likely N-dealkylation sites (N-methyl/N-ethyl adjacent to an activating group) is 1. The van der Waals surface area contributed by atoms with Gasteiger partial charge in [-0.2, -0.15) is 0 Å². The van der Waals surface area contributed by atoms with E-state index in [-0.39, 0.29) is 12.5 Å². The van der Waals surface area contributed by atoms with E-state index in [2.05, 4.69) is 43.5 Å². The smallest absolute Gasteiger partial charge is 0.268 e. The molecule has 0 aliphatic carbocycles. The van der Waals surface area contributed by atoms with Crippen molar-refractivity contribution in [3.8, 4) is 0 Å². The van der Waals surface area contributed by atoms with Crippen LogP contribution in [-0.2, 0) is 18.4 Å². The summed E-state index contributed by atoms with van der Waals surface area (Å²) in [6, 6.07) is -0.905. The zero-order valence-corrected chi connectivity index (χ0v) is 37.5. The van der Waals surface area contributed by atoms with Crippen molar-refractivity contribution in [2.45, 2.75) is 212 Å². The maximum Gasteiger partial charge on any atom is 0.268 e. The third-order valence-electron chi connectivity index (χ3n) is 10.1. The average Bonchev–Trinajstić information content (AvgIpc) is 3.13. The molecule has 324 valence electrons. The van der Waals surface area contributed by atoms with Gasteiger partial charge in [-0.25, -0.2) is 0 Å². The molecule has 8 nitrogen and oxygen atoms in total. The number of carbonyl (C=O) groups is 1. The molecule has 0 aliphatic rings. The second kappa shape index (κ2) is 38.2. The highest BCUT2D eigenvalue weighted by Gasteiger charge is 2.23. The number of quaternary nitrogens is 1. The first-order valence-corrected chi connectivity index (χ1v) is 24.3. The van der Waals surface area contributed by atoms with Crippen molar-refractivity contribution in [2.24, 2.45) is 0 Å². The number of hydrogen-bond acceptors (Lipinski definition) is 6. The van der Waals surface area contributed by atoms with E-state index in [4.69, 9.17) is 9.05 Å². The SMILES string of the molecule is CCCCC/C=C/CC/C=C/CC/C=C/C(O)C(COP(=O)([O-])OCC[N+](C)(C)C)NC(=O)CCCCCCCCCCCCCCCCCCCCCC. The van der Waals surface area contributed by atoms with E-state index in [0.717, 1.165) is 51.4 Å². The van der Waals surface area contributed by atoms with Crippen LogP contribution in [0, 0.1) is 0 Å². The lowest BCUT2D eigenvalue weighted by molar-refractivity contribution is -0.870.